The van der Waals surface area contributed by atoms with Gasteiger partial charge < -0.3 is 15.4 Å². The third kappa shape index (κ3) is 8.50. The van der Waals surface area contributed by atoms with Crippen LogP contribution >= 0.6 is 24.0 Å². The van der Waals surface area contributed by atoms with Crippen LogP contribution in [0.4, 0.5) is 4.39 Å². The normalized spacial score (nSPS) is 15.5. The summed E-state index contributed by atoms with van der Waals surface area (Å²) in [6.07, 6.45) is 2.32. The Kier molecular flexibility index (Phi) is 10.5. The van der Waals surface area contributed by atoms with Gasteiger partial charge in [-0.3, -0.25) is 4.99 Å². The number of nitrogens with one attached hydrogen (secondary N) is 2. The second-order valence-corrected chi connectivity index (χ2v) is 9.28. The molecule has 1 aromatic carbocycles. The van der Waals surface area contributed by atoms with Crippen LogP contribution in [0, 0.1) is 11.7 Å². The maximum atomic E-state index is 14.3. The van der Waals surface area contributed by atoms with Crippen molar-refractivity contribution in [1.82, 2.24) is 10.6 Å². The quantitative estimate of drug-likeness (QED) is 0.278. The standard InChI is InChI=1S/C19H30FN3O3S.HI/c1-4-21-19(22-10-11-27(24,25)5-2)23-14(3)16-8-9-18(17(20)12-16)26-13-15-6-7-15;/h8-9,12,14-15H,4-7,10-11,13H2,1-3H3,(H2,21,22,23);1H. The molecule has 2 rings (SSSR count). The van der Waals surface area contributed by atoms with Gasteiger partial charge in [0.1, 0.15) is 0 Å². The summed E-state index contributed by atoms with van der Waals surface area (Å²) in [7, 11) is -3.05. The number of guanidine groups is 1. The number of ether oxygens (including phenoxy) is 1. The fourth-order valence-corrected chi connectivity index (χ4v) is 3.10. The SMILES string of the molecule is CCNC(=NCCS(=O)(=O)CC)NC(C)c1ccc(OCC2CC2)c(F)c1.I. The third-order valence-corrected chi connectivity index (χ3v) is 6.12. The van der Waals surface area contributed by atoms with Crippen LogP contribution in [0.3, 0.4) is 0 Å². The van der Waals surface area contributed by atoms with Crippen LogP contribution in [0.1, 0.15) is 45.2 Å². The Morgan fingerprint density at radius 2 is 2.07 bits per heavy atom. The average Bonchev–Trinajstić information content (AvgIpc) is 3.45. The van der Waals surface area contributed by atoms with Gasteiger partial charge in [-0.05, 0) is 50.3 Å². The van der Waals surface area contributed by atoms with E-state index in [0.29, 0.717) is 25.0 Å². The van der Waals surface area contributed by atoms with Gasteiger partial charge in [0.2, 0.25) is 0 Å². The molecule has 0 saturated heterocycles. The van der Waals surface area contributed by atoms with E-state index in [2.05, 4.69) is 15.6 Å². The lowest BCUT2D eigenvalue weighted by molar-refractivity contribution is 0.285. The van der Waals surface area contributed by atoms with Gasteiger partial charge >= 0.3 is 0 Å². The number of hydrogen-bond donors (Lipinski definition) is 2. The molecule has 9 heteroatoms. The van der Waals surface area contributed by atoms with Gasteiger partial charge in [0.15, 0.2) is 27.4 Å². The summed E-state index contributed by atoms with van der Waals surface area (Å²) in [5, 5.41) is 6.26. The first kappa shape index (κ1) is 24.9. The van der Waals surface area contributed by atoms with Crippen LogP contribution in [0.25, 0.3) is 0 Å². The lowest BCUT2D eigenvalue weighted by Gasteiger charge is -2.19. The highest BCUT2D eigenvalue weighted by Gasteiger charge is 2.22. The van der Waals surface area contributed by atoms with Crippen molar-refractivity contribution < 1.29 is 17.5 Å². The van der Waals surface area contributed by atoms with Gasteiger partial charge in [0, 0.05) is 12.3 Å². The van der Waals surface area contributed by atoms with E-state index < -0.39 is 9.84 Å². The Hall–Kier alpha value is -1.10. The number of benzene rings is 1. The van der Waals surface area contributed by atoms with E-state index in [0.717, 1.165) is 18.4 Å². The molecule has 0 aliphatic heterocycles. The van der Waals surface area contributed by atoms with Gasteiger partial charge in [0.25, 0.3) is 0 Å². The lowest BCUT2D eigenvalue weighted by atomic mass is 10.1. The van der Waals surface area contributed by atoms with Crippen LogP contribution in [0.15, 0.2) is 23.2 Å². The van der Waals surface area contributed by atoms with Crippen molar-refractivity contribution in [3.8, 4) is 5.75 Å². The zero-order chi connectivity index (χ0) is 19.9. The Morgan fingerprint density at radius 3 is 2.64 bits per heavy atom. The minimum atomic E-state index is -3.05. The molecule has 0 spiro atoms. The minimum Gasteiger partial charge on any atom is -0.490 e. The van der Waals surface area contributed by atoms with Crippen LogP contribution < -0.4 is 15.4 Å². The summed E-state index contributed by atoms with van der Waals surface area (Å²) < 4.78 is 43.0. The summed E-state index contributed by atoms with van der Waals surface area (Å²) in [5.41, 5.74) is 0.762. The molecule has 1 aliphatic rings. The summed E-state index contributed by atoms with van der Waals surface area (Å²) in [5.74, 6) is 1.10. The molecule has 0 amide bonds. The monoisotopic (exact) mass is 527 g/mol. The first-order chi connectivity index (χ1) is 12.8. The molecule has 1 aliphatic carbocycles. The van der Waals surface area contributed by atoms with Crippen molar-refractivity contribution in [1.29, 1.82) is 0 Å². The predicted molar refractivity (Wildman–Crippen MR) is 122 cm³/mol. The van der Waals surface area contributed by atoms with E-state index in [1.165, 1.54) is 6.07 Å². The molecule has 1 unspecified atom stereocenters. The second-order valence-electron chi connectivity index (χ2n) is 6.81. The molecule has 0 aromatic heterocycles. The fourth-order valence-electron chi connectivity index (χ4n) is 2.44. The summed E-state index contributed by atoms with van der Waals surface area (Å²) >= 11 is 0. The van der Waals surface area contributed by atoms with E-state index in [4.69, 9.17) is 4.74 Å². The number of nitrogens with zero attached hydrogens (tertiary/aromatic N) is 1. The Labute approximate surface area is 184 Å². The van der Waals surface area contributed by atoms with Crippen LogP contribution in [0.5, 0.6) is 5.75 Å². The van der Waals surface area contributed by atoms with Crippen LogP contribution in [-0.4, -0.2) is 45.6 Å². The molecule has 28 heavy (non-hydrogen) atoms. The molecule has 1 atom stereocenters. The van der Waals surface area contributed by atoms with Crippen molar-refractivity contribution >= 4 is 39.8 Å². The summed E-state index contributed by atoms with van der Waals surface area (Å²) in [4.78, 5) is 4.30. The maximum absolute atomic E-state index is 14.3. The first-order valence-corrected chi connectivity index (χ1v) is 11.3. The molecule has 0 heterocycles. The molecular formula is C19H31FIN3O3S. The summed E-state index contributed by atoms with van der Waals surface area (Å²) in [6.45, 7) is 6.84. The zero-order valence-electron chi connectivity index (χ0n) is 16.7. The van der Waals surface area contributed by atoms with Crippen molar-refractivity contribution in [3.05, 3.63) is 29.6 Å². The molecule has 1 fully saturated rings. The van der Waals surface area contributed by atoms with Crippen LogP contribution in [0.2, 0.25) is 0 Å². The highest BCUT2D eigenvalue weighted by atomic mass is 127. The highest BCUT2D eigenvalue weighted by Crippen LogP contribution is 2.30. The molecule has 1 aromatic rings. The van der Waals surface area contributed by atoms with Crippen LogP contribution in [-0.2, 0) is 9.84 Å². The third-order valence-electron chi connectivity index (χ3n) is 4.44. The topological polar surface area (TPSA) is 79.8 Å². The predicted octanol–water partition coefficient (Wildman–Crippen LogP) is 3.28. The van der Waals surface area contributed by atoms with Gasteiger partial charge in [-0.25, -0.2) is 12.8 Å². The Balaban J connectivity index is 0.00000392. The van der Waals surface area contributed by atoms with E-state index in [1.807, 2.05) is 19.9 Å². The smallest absolute Gasteiger partial charge is 0.191 e. The van der Waals surface area contributed by atoms with Crippen molar-refractivity contribution in [2.24, 2.45) is 10.9 Å². The minimum absolute atomic E-state index is 0. The maximum Gasteiger partial charge on any atom is 0.191 e. The molecule has 6 nitrogen and oxygen atoms in total. The Bertz CT molecular complexity index is 755. The fraction of sp³-hybridized carbons (Fsp3) is 0.632. The average molecular weight is 527 g/mol. The van der Waals surface area contributed by atoms with Crippen molar-refractivity contribution in [2.45, 2.75) is 39.7 Å². The van der Waals surface area contributed by atoms with E-state index in [1.54, 1.807) is 13.0 Å². The number of halogens is 2. The first-order valence-electron chi connectivity index (χ1n) is 9.52. The van der Waals surface area contributed by atoms with E-state index in [-0.39, 0.29) is 59.6 Å². The molecule has 1 saturated carbocycles. The molecule has 160 valence electrons. The van der Waals surface area contributed by atoms with Crippen molar-refractivity contribution in [3.63, 3.8) is 0 Å². The number of rotatable bonds is 10. The number of aliphatic imine (C=N–C) groups is 1. The lowest BCUT2D eigenvalue weighted by Crippen LogP contribution is -2.39. The van der Waals surface area contributed by atoms with Gasteiger partial charge in [0.05, 0.1) is 24.9 Å². The largest absolute Gasteiger partial charge is 0.490 e. The second kappa shape index (κ2) is 11.8. The summed E-state index contributed by atoms with van der Waals surface area (Å²) in [6, 6.07) is 4.75. The molecular weight excluding hydrogens is 496 g/mol. The van der Waals surface area contributed by atoms with E-state index in [9.17, 15) is 12.8 Å². The Morgan fingerprint density at radius 1 is 1.36 bits per heavy atom. The zero-order valence-corrected chi connectivity index (χ0v) is 19.8. The van der Waals surface area contributed by atoms with E-state index >= 15 is 0 Å². The van der Waals surface area contributed by atoms with Gasteiger partial charge in [-0.2, -0.15) is 0 Å². The molecule has 2 N–H and O–H groups in total. The van der Waals surface area contributed by atoms with Gasteiger partial charge in [-0.1, -0.05) is 13.0 Å². The number of hydrogen-bond acceptors (Lipinski definition) is 4. The highest BCUT2D eigenvalue weighted by molar-refractivity contribution is 14.0. The molecule has 0 bridgehead atoms. The van der Waals surface area contributed by atoms with Gasteiger partial charge in [-0.15, -0.1) is 24.0 Å². The molecule has 0 radical (unpaired) electrons. The van der Waals surface area contributed by atoms with Crippen molar-refractivity contribution in [2.75, 3.05) is 31.2 Å². The number of sulfone groups is 1.